The van der Waals surface area contributed by atoms with Gasteiger partial charge in [-0.15, -0.1) is 0 Å². The number of rotatable bonds is 4. The van der Waals surface area contributed by atoms with Gasteiger partial charge in [0.2, 0.25) is 0 Å². The standard InChI is InChI=1S/C10H14BrClN2O2S/c1-4-5-7-8(11)9(12)14-10(13-7)6(2)17(3,15)16/h6H,4-5H2,1-3H3. The molecule has 1 aromatic rings. The maximum Gasteiger partial charge on any atom is 0.157 e. The zero-order chi connectivity index (χ0) is 13.2. The maximum absolute atomic E-state index is 11.5. The lowest BCUT2D eigenvalue weighted by atomic mass is 10.2. The molecule has 0 fully saturated rings. The molecule has 96 valence electrons. The largest absolute Gasteiger partial charge is 0.235 e. The smallest absolute Gasteiger partial charge is 0.157 e. The first-order valence-electron chi connectivity index (χ1n) is 5.18. The number of halogens is 2. The Kier molecular flexibility index (Phi) is 4.92. The second kappa shape index (κ2) is 5.63. The summed E-state index contributed by atoms with van der Waals surface area (Å²) in [6, 6.07) is 0. The van der Waals surface area contributed by atoms with Gasteiger partial charge in [0.15, 0.2) is 9.84 Å². The molecule has 0 aliphatic carbocycles. The molecule has 1 unspecified atom stereocenters. The Hall–Kier alpha value is -0.200. The van der Waals surface area contributed by atoms with Crippen LogP contribution in [0, 0.1) is 0 Å². The van der Waals surface area contributed by atoms with Crippen LogP contribution in [-0.2, 0) is 16.3 Å². The Balaban J connectivity index is 3.28. The molecular weight excluding hydrogens is 328 g/mol. The summed E-state index contributed by atoms with van der Waals surface area (Å²) in [5.41, 5.74) is 0.748. The normalized spacial score (nSPS) is 13.7. The fraction of sp³-hybridized carbons (Fsp3) is 0.600. The Labute approximate surface area is 115 Å². The van der Waals surface area contributed by atoms with E-state index in [0.717, 1.165) is 24.8 Å². The van der Waals surface area contributed by atoms with E-state index in [9.17, 15) is 8.42 Å². The van der Waals surface area contributed by atoms with Crippen LogP contribution in [0.15, 0.2) is 4.47 Å². The van der Waals surface area contributed by atoms with E-state index in [1.807, 2.05) is 6.92 Å². The number of hydrogen-bond donors (Lipinski definition) is 0. The number of aromatic nitrogens is 2. The lowest BCUT2D eigenvalue weighted by molar-refractivity contribution is 0.588. The average molecular weight is 342 g/mol. The highest BCUT2D eigenvalue weighted by atomic mass is 79.9. The highest BCUT2D eigenvalue weighted by Gasteiger charge is 2.22. The highest BCUT2D eigenvalue weighted by Crippen LogP contribution is 2.27. The Bertz CT molecular complexity index is 519. The van der Waals surface area contributed by atoms with Crippen LogP contribution < -0.4 is 0 Å². The molecule has 0 aliphatic heterocycles. The summed E-state index contributed by atoms with van der Waals surface area (Å²) >= 11 is 9.26. The van der Waals surface area contributed by atoms with Crippen molar-refractivity contribution in [2.75, 3.05) is 6.26 Å². The van der Waals surface area contributed by atoms with E-state index in [0.29, 0.717) is 4.47 Å². The lowest BCUT2D eigenvalue weighted by Crippen LogP contribution is -2.13. The molecule has 0 aromatic carbocycles. The molecule has 0 amide bonds. The summed E-state index contributed by atoms with van der Waals surface area (Å²) in [5.74, 6) is 0.254. The van der Waals surface area contributed by atoms with E-state index in [2.05, 4.69) is 25.9 Å². The Morgan fingerprint density at radius 3 is 2.47 bits per heavy atom. The fourth-order valence-corrected chi connectivity index (χ4v) is 2.32. The molecule has 7 heteroatoms. The van der Waals surface area contributed by atoms with Crippen LogP contribution in [0.1, 0.15) is 37.0 Å². The van der Waals surface area contributed by atoms with Crippen LogP contribution in [0.3, 0.4) is 0 Å². The summed E-state index contributed by atoms with van der Waals surface area (Å²) in [4.78, 5) is 8.28. The minimum absolute atomic E-state index is 0.254. The van der Waals surface area contributed by atoms with E-state index in [-0.39, 0.29) is 11.0 Å². The van der Waals surface area contributed by atoms with Gasteiger partial charge in [-0.3, -0.25) is 0 Å². The molecule has 1 atom stereocenters. The summed E-state index contributed by atoms with van der Waals surface area (Å²) in [6.45, 7) is 3.58. The van der Waals surface area contributed by atoms with Crippen molar-refractivity contribution in [3.05, 3.63) is 21.1 Å². The molecule has 0 N–H and O–H groups in total. The summed E-state index contributed by atoms with van der Waals surface area (Å²) < 4.78 is 23.6. The van der Waals surface area contributed by atoms with Crippen LogP contribution in [0.5, 0.6) is 0 Å². The third-order valence-corrected chi connectivity index (χ3v) is 5.22. The van der Waals surface area contributed by atoms with Gasteiger partial charge < -0.3 is 0 Å². The average Bonchev–Trinajstić information content (AvgIpc) is 2.22. The molecule has 4 nitrogen and oxygen atoms in total. The third-order valence-electron chi connectivity index (χ3n) is 2.39. The van der Waals surface area contributed by atoms with E-state index in [1.54, 1.807) is 6.92 Å². The lowest BCUT2D eigenvalue weighted by Gasteiger charge is -2.11. The van der Waals surface area contributed by atoms with Crippen molar-refractivity contribution in [1.82, 2.24) is 9.97 Å². The minimum Gasteiger partial charge on any atom is -0.235 e. The van der Waals surface area contributed by atoms with Crippen molar-refractivity contribution in [2.45, 2.75) is 31.9 Å². The molecule has 1 rings (SSSR count). The van der Waals surface area contributed by atoms with E-state index in [1.165, 1.54) is 0 Å². The molecule has 0 radical (unpaired) electrons. The highest BCUT2D eigenvalue weighted by molar-refractivity contribution is 9.10. The van der Waals surface area contributed by atoms with Gasteiger partial charge in [-0.05, 0) is 29.3 Å². The van der Waals surface area contributed by atoms with Gasteiger partial charge in [-0.25, -0.2) is 18.4 Å². The van der Waals surface area contributed by atoms with Crippen LogP contribution in [0.4, 0.5) is 0 Å². The van der Waals surface area contributed by atoms with Crippen molar-refractivity contribution in [3.63, 3.8) is 0 Å². The van der Waals surface area contributed by atoms with Gasteiger partial charge in [-0.1, -0.05) is 24.9 Å². The molecule has 0 bridgehead atoms. The third kappa shape index (κ3) is 3.63. The zero-order valence-corrected chi connectivity index (χ0v) is 13.0. The number of sulfone groups is 1. The molecule has 0 saturated heterocycles. The van der Waals surface area contributed by atoms with E-state index < -0.39 is 15.1 Å². The molecule has 1 aromatic heterocycles. The second-order valence-corrected chi connectivity index (χ2v) is 7.37. The fourth-order valence-electron chi connectivity index (χ4n) is 1.26. The van der Waals surface area contributed by atoms with Gasteiger partial charge in [0.1, 0.15) is 16.2 Å². The Morgan fingerprint density at radius 1 is 1.41 bits per heavy atom. The number of hydrogen-bond acceptors (Lipinski definition) is 4. The van der Waals surface area contributed by atoms with Crippen molar-refractivity contribution >= 4 is 37.4 Å². The predicted molar refractivity (Wildman–Crippen MR) is 72.0 cm³/mol. The quantitative estimate of drug-likeness (QED) is 0.790. The number of nitrogens with zero attached hydrogens (tertiary/aromatic N) is 2. The van der Waals surface area contributed by atoms with Gasteiger partial charge in [0.25, 0.3) is 0 Å². The van der Waals surface area contributed by atoms with Crippen LogP contribution in [-0.4, -0.2) is 24.6 Å². The van der Waals surface area contributed by atoms with Crippen LogP contribution >= 0.6 is 27.5 Å². The van der Waals surface area contributed by atoms with Gasteiger partial charge >= 0.3 is 0 Å². The topological polar surface area (TPSA) is 59.9 Å². The second-order valence-electron chi connectivity index (χ2n) is 3.86. The van der Waals surface area contributed by atoms with E-state index in [4.69, 9.17) is 11.6 Å². The van der Waals surface area contributed by atoms with Crippen molar-refractivity contribution in [2.24, 2.45) is 0 Å². The predicted octanol–water partition coefficient (Wildman–Crippen LogP) is 2.95. The van der Waals surface area contributed by atoms with Crippen molar-refractivity contribution in [3.8, 4) is 0 Å². The van der Waals surface area contributed by atoms with Crippen LogP contribution in [0.2, 0.25) is 5.15 Å². The minimum atomic E-state index is -3.22. The van der Waals surface area contributed by atoms with E-state index >= 15 is 0 Å². The Morgan fingerprint density at radius 2 is 2.00 bits per heavy atom. The molecule has 1 heterocycles. The summed E-state index contributed by atoms with van der Waals surface area (Å²) in [7, 11) is -3.22. The molecule has 0 aliphatic rings. The van der Waals surface area contributed by atoms with Gasteiger partial charge in [-0.2, -0.15) is 0 Å². The van der Waals surface area contributed by atoms with Crippen molar-refractivity contribution in [1.29, 1.82) is 0 Å². The number of aryl methyl sites for hydroxylation is 1. The summed E-state index contributed by atoms with van der Waals surface area (Å²) in [6.07, 6.45) is 2.79. The molecule has 17 heavy (non-hydrogen) atoms. The molecule has 0 saturated carbocycles. The first kappa shape index (κ1) is 14.9. The van der Waals surface area contributed by atoms with Gasteiger partial charge in [0.05, 0.1) is 10.2 Å². The molecular formula is C10H14BrClN2O2S. The van der Waals surface area contributed by atoms with Crippen molar-refractivity contribution < 1.29 is 8.42 Å². The zero-order valence-electron chi connectivity index (χ0n) is 9.87. The monoisotopic (exact) mass is 340 g/mol. The molecule has 0 spiro atoms. The SMILES string of the molecule is CCCc1nc(C(C)S(C)(=O)=O)nc(Cl)c1Br. The maximum atomic E-state index is 11.5. The summed E-state index contributed by atoms with van der Waals surface area (Å²) in [5, 5.41) is -0.488. The van der Waals surface area contributed by atoms with Gasteiger partial charge in [0, 0.05) is 6.26 Å². The first-order chi connectivity index (χ1) is 7.77. The van der Waals surface area contributed by atoms with Crippen LogP contribution in [0.25, 0.3) is 0 Å². The first-order valence-corrected chi connectivity index (χ1v) is 8.30.